The van der Waals surface area contributed by atoms with Crippen LogP contribution >= 0.6 is 34.9 Å². The lowest BCUT2D eigenvalue weighted by Gasteiger charge is -2.05. The van der Waals surface area contributed by atoms with Gasteiger partial charge in [-0.05, 0) is 12.7 Å². The van der Waals surface area contributed by atoms with Gasteiger partial charge in [-0.25, -0.2) is 0 Å². The Bertz CT molecular complexity index is 318. The second-order valence-electron chi connectivity index (χ2n) is 2.55. The first kappa shape index (κ1) is 11.8. The largest absolute Gasteiger partial charge is 0.198 e. The van der Waals surface area contributed by atoms with Crippen LogP contribution in [-0.2, 0) is 0 Å². The van der Waals surface area contributed by atoms with Gasteiger partial charge in [0.05, 0.1) is 6.07 Å². The molecule has 0 aliphatic rings. The van der Waals surface area contributed by atoms with E-state index < -0.39 is 0 Å². The summed E-state index contributed by atoms with van der Waals surface area (Å²) < 4.78 is 1.95. The normalized spacial score (nSPS) is 12.4. The zero-order valence-corrected chi connectivity index (χ0v) is 10.5. The van der Waals surface area contributed by atoms with E-state index in [1.165, 1.54) is 0 Å². The van der Waals surface area contributed by atoms with Gasteiger partial charge in [0.15, 0.2) is 8.68 Å². The minimum Gasteiger partial charge on any atom is -0.198 e. The number of hydrogen-bond acceptors (Lipinski definition) is 6. The Labute approximate surface area is 96.3 Å². The van der Waals surface area contributed by atoms with Crippen molar-refractivity contribution in [3.05, 3.63) is 0 Å². The van der Waals surface area contributed by atoms with Crippen molar-refractivity contribution < 1.29 is 0 Å². The average Bonchev–Trinajstić information content (AvgIpc) is 2.65. The number of nitriles is 1. The van der Waals surface area contributed by atoms with E-state index in [9.17, 15) is 0 Å². The smallest absolute Gasteiger partial charge is 0.175 e. The molecule has 3 nitrogen and oxygen atoms in total. The molecule has 1 heterocycles. The summed E-state index contributed by atoms with van der Waals surface area (Å²) in [6.07, 6.45) is 3.56. The van der Waals surface area contributed by atoms with E-state index >= 15 is 0 Å². The van der Waals surface area contributed by atoms with Crippen molar-refractivity contribution in [3.63, 3.8) is 0 Å². The molecular weight excluding hydrogens is 234 g/mol. The lowest BCUT2D eigenvalue weighted by molar-refractivity contribution is 0.838. The van der Waals surface area contributed by atoms with E-state index in [1.807, 2.05) is 6.26 Å². The summed E-state index contributed by atoms with van der Waals surface area (Å²) in [4.78, 5) is 0. The van der Waals surface area contributed by atoms with Gasteiger partial charge in [-0.2, -0.15) is 5.26 Å². The predicted octanol–water partition coefficient (Wildman–Crippen LogP) is 3.04. The zero-order valence-electron chi connectivity index (χ0n) is 8.06. The quantitative estimate of drug-likeness (QED) is 0.746. The fraction of sp³-hybridized carbons (Fsp3) is 0.625. The van der Waals surface area contributed by atoms with Crippen LogP contribution in [0, 0.1) is 11.3 Å². The van der Waals surface area contributed by atoms with E-state index in [2.05, 4.69) is 23.2 Å². The molecule has 0 spiro atoms. The third kappa shape index (κ3) is 3.48. The molecule has 0 fully saturated rings. The van der Waals surface area contributed by atoms with Gasteiger partial charge in [0.25, 0.3) is 0 Å². The van der Waals surface area contributed by atoms with Crippen LogP contribution in [0.2, 0.25) is 0 Å². The van der Waals surface area contributed by atoms with E-state index in [0.29, 0.717) is 11.7 Å². The third-order valence-corrected chi connectivity index (χ3v) is 4.95. The van der Waals surface area contributed by atoms with Crippen LogP contribution in [-0.4, -0.2) is 21.7 Å². The highest BCUT2D eigenvalue weighted by Gasteiger charge is 2.11. The Balaban J connectivity index is 2.54. The van der Waals surface area contributed by atoms with Crippen molar-refractivity contribution in [2.75, 3.05) is 6.26 Å². The number of hydrogen-bond donors (Lipinski definition) is 0. The van der Waals surface area contributed by atoms with Gasteiger partial charge in [0.2, 0.25) is 0 Å². The first-order valence-electron chi connectivity index (χ1n) is 4.21. The van der Waals surface area contributed by atoms with Crippen LogP contribution in [0.1, 0.15) is 19.8 Å². The second kappa shape index (κ2) is 6.27. The maximum absolute atomic E-state index is 8.60. The van der Waals surface area contributed by atoms with Crippen molar-refractivity contribution in [2.45, 2.75) is 33.7 Å². The van der Waals surface area contributed by atoms with Gasteiger partial charge in [-0.3, -0.25) is 0 Å². The van der Waals surface area contributed by atoms with Crippen molar-refractivity contribution in [1.82, 2.24) is 10.2 Å². The van der Waals surface area contributed by atoms with Gasteiger partial charge < -0.3 is 0 Å². The molecule has 1 aromatic heterocycles. The van der Waals surface area contributed by atoms with Crippen LogP contribution in [0.25, 0.3) is 0 Å². The molecule has 0 N–H and O–H groups in total. The fourth-order valence-corrected chi connectivity index (χ4v) is 3.54. The molecular formula is C8H11N3S3. The topological polar surface area (TPSA) is 49.6 Å². The molecule has 0 aliphatic carbocycles. The maximum atomic E-state index is 8.60. The lowest BCUT2D eigenvalue weighted by atomic mass is 10.3. The molecule has 1 atom stereocenters. The lowest BCUT2D eigenvalue weighted by Crippen LogP contribution is -1.98. The van der Waals surface area contributed by atoms with Crippen LogP contribution in [0.15, 0.2) is 8.68 Å². The standard InChI is InChI=1S/C8H11N3S3/c1-3-6(4-5-9)13-8-11-10-7(12-2)14-8/h6H,3-4H2,1-2H3. The number of thioether (sulfide) groups is 2. The Morgan fingerprint density at radius 3 is 2.71 bits per heavy atom. The van der Waals surface area contributed by atoms with E-state index in [-0.39, 0.29) is 0 Å². The molecule has 0 bridgehead atoms. The fourth-order valence-electron chi connectivity index (χ4n) is 0.841. The van der Waals surface area contributed by atoms with Gasteiger partial charge >= 0.3 is 0 Å². The zero-order chi connectivity index (χ0) is 10.4. The molecule has 1 aromatic rings. The summed E-state index contributed by atoms with van der Waals surface area (Å²) in [6.45, 7) is 2.09. The van der Waals surface area contributed by atoms with Gasteiger partial charge in [-0.15, -0.1) is 10.2 Å². The van der Waals surface area contributed by atoms with Crippen LogP contribution in [0.5, 0.6) is 0 Å². The summed E-state index contributed by atoms with van der Waals surface area (Å²) >= 11 is 4.86. The van der Waals surface area contributed by atoms with Gasteiger partial charge in [0.1, 0.15) is 0 Å². The molecule has 0 radical (unpaired) electrons. The van der Waals surface area contributed by atoms with Crippen LogP contribution in [0.3, 0.4) is 0 Å². The maximum Gasteiger partial charge on any atom is 0.175 e. The number of nitrogens with zero attached hydrogens (tertiary/aromatic N) is 3. The molecule has 0 aliphatic heterocycles. The number of rotatable bonds is 5. The van der Waals surface area contributed by atoms with E-state index in [1.54, 1.807) is 34.9 Å². The second-order valence-corrected chi connectivity index (χ2v) is 6.13. The summed E-state index contributed by atoms with van der Waals surface area (Å²) in [5, 5.41) is 17.0. The minimum absolute atomic E-state index is 0.350. The van der Waals surface area contributed by atoms with Gasteiger partial charge in [0, 0.05) is 11.7 Å². The summed E-state index contributed by atoms with van der Waals surface area (Å²) in [7, 11) is 0. The average molecular weight is 245 g/mol. The molecule has 0 amide bonds. The van der Waals surface area contributed by atoms with Crippen molar-refractivity contribution in [2.24, 2.45) is 0 Å². The highest BCUT2D eigenvalue weighted by Crippen LogP contribution is 2.32. The van der Waals surface area contributed by atoms with Crippen LogP contribution < -0.4 is 0 Å². The molecule has 0 saturated carbocycles. The minimum atomic E-state index is 0.350. The molecule has 1 unspecified atom stereocenters. The third-order valence-electron chi connectivity index (χ3n) is 1.60. The van der Waals surface area contributed by atoms with Crippen molar-refractivity contribution in [1.29, 1.82) is 5.26 Å². The highest BCUT2D eigenvalue weighted by molar-refractivity contribution is 8.03. The SMILES string of the molecule is CCC(CC#N)Sc1nnc(SC)s1. The Morgan fingerprint density at radius 2 is 2.21 bits per heavy atom. The Kier molecular flexibility index (Phi) is 5.30. The first-order chi connectivity index (χ1) is 6.80. The Hall–Kier alpha value is -0.250. The summed E-state index contributed by atoms with van der Waals surface area (Å²) in [5.74, 6) is 0. The summed E-state index contributed by atoms with van der Waals surface area (Å²) in [6, 6.07) is 2.19. The Morgan fingerprint density at radius 1 is 1.50 bits per heavy atom. The van der Waals surface area contributed by atoms with E-state index in [4.69, 9.17) is 5.26 Å². The van der Waals surface area contributed by atoms with Gasteiger partial charge in [-0.1, -0.05) is 41.8 Å². The molecule has 0 aromatic carbocycles. The van der Waals surface area contributed by atoms with Crippen molar-refractivity contribution in [3.8, 4) is 6.07 Å². The predicted molar refractivity (Wildman–Crippen MR) is 61.9 cm³/mol. The molecule has 6 heteroatoms. The van der Waals surface area contributed by atoms with E-state index in [0.717, 1.165) is 15.1 Å². The molecule has 14 heavy (non-hydrogen) atoms. The molecule has 1 rings (SSSR count). The van der Waals surface area contributed by atoms with Crippen molar-refractivity contribution >= 4 is 34.9 Å². The number of aromatic nitrogens is 2. The summed E-state index contributed by atoms with van der Waals surface area (Å²) in [5.41, 5.74) is 0. The van der Waals surface area contributed by atoms with Crippen LogP contribution in [0.4, 0.5) is 0 Å². The molecule has 0 saturated heterocycles. The monoisotopic (exact) mass is 245 g/mol. The molecule has 76 valence electrons. The first-order valence-corrected chi connectivity index (χ1v) is 7.13. The highest BCUT2D eigenvalue weighted by atomic mass is 32.2.